The van der Waals surface area contributed by atoms with Crippen LogP contribution in [-0.4, -0.2) is 56.9 Å². The fraction of sp³-hybridized carbons (Fsp3) is 0.385. The Hall–Kier alpha value is -2.64. The van der Waals surface area contributed by atoms with Crippen LogP contribution in [0.25, 0.3) is 11.0 Å². The lowest BCUT2D eigenvalue weighted by Gasteiger charge is -2.35. The zero-order valence-electron chi connectivity index (χ0n) is 11.6. The molecule has 21 heavy (non-hydrogen) atoms. The predicted molar refractivity (Wildman–Crippen MR) is 75.4 cm³/mol. The highest BCUT2D eigenvalue weighted by Gasteiger charge is 2.22. The van der Waals surface area contributed by atoms with Crippen molar-refractivity contribution in [1.29, 1.82) is 0 Å². The summed E-state index contributed by atoms with van der Waals surface area (Å²) >= 11 is 0. The third-order valence-corrected chi connectivity index (χ3v) is 3.64. The van der Waals surface area contributed by atoms with E-state index in [1.165, 1.54) is 6.20 Å². The van der Waals surface area contributed by atoms with Crippen LogP contribution in [-0.2, 0) is 4.79 Å². The number of aromatic nitrogens is 3. The molecule has 0 unspecified atom stereocenters. The van der Waals surface area contributed by atoms with Gasteiger partial charge in [0.1, 0.15) is 5.82 Å². The van der Waals surface area contributed by atoms with Gasteiger partial charge in [-0.1, -0.05) is 0 Å². The van der Waals surface area contributed by atoms with Crippen molar-refractivity contribution in [3.8, 4) is 0 Å². The molecule has 2 aromatic heterocycles. The highest BCUT2D eigenvalue weighted by atomic mass is 16.5. The summed E-state index contributed by atoms with van der Waals surface area (Å²) < 4.78 is 0.449. The fourth-order valence-corrected chi connectivity index (χ4v) is 2.50. The molecule has 1 amide bonds. The molecule has 3 heterocycles. The van der Waals surface area contributed by atoms with Gasteiger partial charge in [0.2, 0.25) is 5.91 Å². The van der Waals surface area contributed by atoms with Crippen LogP contribution in [0.5, 0.6) is 0 Å². The third kappa shape index (κ3) is 2.28. The van der Waals surface area contributed by atoms with E-state index in [2.05, 4.69) is 9.97 Å². The summed E-state index contributed by atoms with van der Waals surface area (Å²) in [6.45, 7) is 3.89. The van der Waals surface area contributed by atoms with Gasteiger partial charge in [0, 0.05) is 39.3 Å². The van der Waals surface area contributed by atoms with E-state index in [4.69, 9.17) is 0 Å². The maximum atomic E-state index is 11.7. The van der Waals surface area contributed by atoms with Crippen molar-refractivity contribution in [1.82, 2.24) is 19.6 Å². The molecule has 3 rings (SSSR count). The minimum absolute atomic E-state index is 0.0416. The Balaban J connectivity index is 2.00. The summed E-state index contributed by atoms with van der Waals surface area (Å²) in [4.78, 5) is 34.7. The topological polar surface area (TPSA) is 91.6 Å². The van der Waals surface area contributed by atoms with Crippen LogP contribution in [0.15, 0.2) is 23.1 Å². The highest BCUT2D eigenvalue weighted by Crippen LogP contribution is 2.22. The summed E-state index contributed by atoms with van der Waals surface area (Å²) in [6.07, 6.45) is 1.51. The monoisotopic (exact) mass is 289 g/mol. The Morgan fingerprint density at radius 1 is 1.29 bits per heavy atom. The lowest BCUT2D eigenvalue weighted by atomic mass is 10.2. The maximum absolute atomic E-state index is 11.7. The number of fused-ring (bicyclic) bond motifs is 1. The number of hydrogen-bond donors (Lipinski definition) is 1. The van der Waals surface area contributed by atoms with Gasteiger partial charge in [0.25, 0.3) is 0 Å². The lowest BCUT2D eigenvalue weighted by molar-refractivity contribution is -0.129. The first-order valence-corrected chi connectivity index (χ1v) is 6.65. The van der Waals surface area contributed by atoms with Crippen LogP contribution < -0.4 is 10.6 Å². The third-order valence-electron chi connectivity index (χ3n) is 3.64. The van der Waals surface area contributed by atoms with E-state index in [1.807, 2.05) is 4.90 Å². The highest BCUT2D eigenvalue weighted by molar-refractivity contribution is 5.87. The Morgan fingerprint density at radius 2 is 2.00 bits per heavy atom. The van der Waals surface area contributed by atoms with Crippen molar-refractivity contribution < 1.29 is 10.0 Å². The molecule has 8 heteroatoms. The van der Waals surface area contributed by atoms with Crippen molar-refractivity contribution in [2.24, 2.45) is 0 Å². The van der Waals surface area contributed by atoms with Crippen molar-refractivity contribution in [3.63, 3.8) is 0 Å². The Bertz CT molecular complexity index is 749. The van der Waals surface area contributed by atoms with E-state index in [0.29, 0.717) is 42.1 Å². The van der Waals surface area contributed by atoms with Crippen LogP contribution in [0.1, 0.15) is 6.92 Å². The molecule has 110 valence electrons. The molecule has 0 aromatic carbocycles. The molecule has 1 N–H and O–H groups in total. The van der Waals surface area contributed by atoms with E-state index in [9.17, 15) is 14.8 Å². The normalized spacial score (nSPS) is 15.5. The van der Waals surface area contributed by atoms with Gasteiger partial charge in [-0.05, 0) is 12.1 Å². The molecule has 1 aliphatic heterocycles. The Morgan fingerprint density at radius 3 is 2.67 bits per heavy atom. The fourth-order valence-electron chi connectivity index (χ4n) is 2.50. The maximum Gasteiger partial charge on any atom is 0.384 e. The summed E-state index contributed by atoms with van der Waals surface area (Å²) in [5.41, 5.74) is -0.577. The number of carbonyl (C=O) groups excluding carboxylic acids is 1. The van der Waals surface area contributed by atoms with Crippen molar-refractivity contribution >= 4 is 22.8 Å². The van der Waals surface area contributed by atoms with E-state index < -0.39 is 5.69 Å². The molecule has 0 saturated carbocycles. The van der Waals surface area contributed by atoms with Gasteiger partial charge in [0.05, 0.1) is 5.39 Å². The smallest absolute Gasteiger partial charge is 0.384 e. The molecular formula is C13H15N5O3. The number of anilines is 1. The second-order valence-electron chi connectivity index (χ2n) is 4.90. The van der Waals surface area contributed by atoms with Crippen LogP contribution in [0.3, 0.4) is 0 Å². The quantitative estimate of drug-likeness (QED) is 0.725. The number of carbonyl (C=O) groups is 1. The first-order valence-electron chi connectivity index (χ1n) is 6.65. The minimum atomic E-state index is -0.759. The predicted octanol–water partition coefficient (Wildman–Crippen LogP) is -0.303. The van der Waals surface area contributed by atoms with E-state index in [0.717, 1.165) is 0 Å². The number of amides is 1. The summed E-state index contributed by atoms with van der Waals surface area (Å²) in [5, 5.41) is 10.3. The van der Waals surface area contributed by atoms with Crippen LogP contribution >= 0.6 is 0 Å². The molecule has 1 aliphatic rings. The average molecular weight is 289 g/mol. The molecule has 0 aliphatic carbocycles. The van der Waals surface area contributed by atoms with Gasteiger partial charge in [-0.3, -0.25) is 4.79 Å². The van der Waals surface area contributed by atoms with E-state index >= 15 is 0 Å². The first kappa shape index (κ1) is 13.3. The SMILES string of the molecule is CC(=O)N1CCN(c2nc(=O)n(O)c3ncccc23)CC1. The summed E-state index contributed by atoms with van der Waals surface area (Å²) in [7, 11) is 0. The molecule has 0 spiro atoms. The second-order valence-corrected chi connectivity index (χ2v) is 4.90. The van der Waals surface area contributed by atoms with Crippen LogP contribution in [0.2, 0.25) is 0 Å². The zero-order valence-corrected chi connectivity index (χ0v) is 11.6. The van der Waals surface area contributed by atoms with Gasteiger partial charge in [-0.15, -0.1) is 4.73 Å². The number of pyridine rings is 1. The summed E-state index contributed by atoms with van der Waals surface area (Å²) in [5.74, 6) is 0.538. The van der Waals surface area contributed by atoms with E-state index in [1.54, 1.807) is 24.0 Å². The molecule has 0 bridgehead atoms. The molecule has 1 fully saturated rings. The molecule has 0 radical (unpaired) electrons. The molecule has 0 atom stereocenters. The van der Waals surface area contributed by atoms with E-state index in [-0.39, 0.29) is 11.6 Å². The van der Waals surface area contributed by atoms with Gasteiger partial charge in [0.15, 0.2) is 5.65 Å². The molecule has 8 nitrogen and oxygen atoms in total. The number of piperazine rings is 1. The van der Waals surface area contributed by atoms with Crippen LogP contribution in [0.4, 0.5) is 5.82 Å². The minimum Gasteiger partial charge on any atom is -0.422 e. The van der Waals surface area contributed by atoms with Crippen LogP contribution in [0, 0.1) is 0 Å². The lowest BCUT2D eigenvalue weighted by Crippen LogP contribution is -2.48. The van der Waals surface area contributed by atoms with Gasteiger partial charge < -0.3 is 15.0 Å². The van der Waals surface area contributed by atoms with Gasteiger partial charge in [-0.25, -0.2) is 9.78 Å². The van der Waals surface area contributed by atoms with Crippen molar-refractivity contribution in [2.75, 3.05) is 31.1 Å². The standard InChI is InChI=1S/C13H15N5O3/c1-9(19)16-5-7-17(8-6-16)12-10-3-2-4-14-11(10)18(21)13(20)15-12/h2-4,21H,5-8H2,1H3. The zero-order chi connectivity index (χ0) is 15.0. The molecule has 2 aromatic rings. The molecule has 1 saturated heterocycles. The number of rotatable bonds is 1. The first-order chi connectivity index (χ1) is 10.1. The van der Waals surface area contributed by atoms with Gasteiger partial charge in [-0.2, -0.15) is 4.98 Å². The average Bonchev–Trinajstić information content (AvgIpc) is 2.51. The Kier molecular flexibility index (Phi) is 3.20. The van der Waals surface area contributed by atoms with Crippen molar-refractivity contribution in [2.45, 2.75) is 6.92 Å². The Labute approximate surface area is 120 Å². The largest absolute Gasteiger partial charge is 0.422 e. The van der Waals surface area contributed by atoms with Gasteiger partial charge >= 0.3 is 5.69 Å². The molecular weight excluding hydrogens is 274 g/mol. The number of hydrogen-bond acceptors (Lipinski definition) is 6. The summed E-state index contributed by atoms with van der Waals surface area (Å²) in [6, 6.07) is 3.48. The number of nitrogens with zero attached hydrogens (tertiary/aromatic N) is 5. The van der Waals surface area contributed by atoms with Crippen molar-refractivity contribution in [3.05, 3.63) is 28.8 Å². The second kappa shape index (κ2) is 5.04.